The summed E-state index contributed by atoms with van der Waals surface area (Å²) in [5, 5.41) is 9.72. The number of rotatable bonds is 8. The van der Waals surface area contributed by atoms with Crippen molar-refractivity contribution in [3.63, 3.8) is 0 Å². The third-order valence-electron chi connectivity index (χ3n) is 6.54. The molecule has 1 fully saturated rings. The normalized spacial score (nSPS) is 14.2. The molecule has 0 atom stereocenters. The van der Waals surface area contributed by atoms with Gasteiger partial charge >= 0.3 is 0 Å². The van der Waals surface area contributed by atoms with Crippen LogP contribution in [0.4, 0.5) is 5.88 Å². The van der Waals surface area contributed by atoms with E-state index < -0.39 is 0 Å². The first-order valence-corrected chi connectivity index (χ1v) is 12.7. The molecule has 0 N–H and O–H groups in total. The van der Waals surface area contributed by atoms with Crippen LogP contribution in [0, 0.1) is 11.3 Å². The van der Waals surface area contributed by atoms with E-state index in [9.17, 15) is 5.26 Å². The summed E-state index contributed by atoms with van der Waals surface area (Å²) in [5.74, 6) is 1.81. The van der Waals surface area contributed by atoms with Crippen molar-refractivity contribution in [1.82, 2.24) is 9.88 Å². The zero-order valence-electron chi connectivity index (χ0n) is 21.0. The van der Waals surface area contributed by atoms with Crippen molar-refractivity contribution in [1.29, 1.82) is 5.26 Å². The van der Waals surface area contributed by atoms with Crippen LogP contribution in [0.15, 0.2) is 89.3 Å². The number of nitrogens with zero attached hydrogens (tertiary/aromatic N) is 4. The summed E-state index contributed by atoms with van der Waals surface area (Å²) in [7, 11) is 0. The number of benzene rings is 3. The van der Waals surface area contributed by atoms with Crippen LogP contribution in [0.1, 0.15) is 41.2 Å². The van der Waals surface area contributed by atoms with Gasteiger partial charge in [-0.3, -0.25) is 4.90 Å². The van der Waals surface area contributed by atoms with Gasteiger partial charge in [-0.1, -0.05) is 72.8 Å². The molecule has 6 nitrogen and oxygen atoms in total. The number of ether oxygens (including phenoxy) is 1. The van der Waals surface area contributed by atoms with Crippen molar-refractivity contribution in [2.75, 3.05) is 37.7 Å². The Morgan fingerprint density at radius 1 is 0.892 bits per heavy atom. The van der Waals surface area contributed by atoms with Gasteiger partial charge in [-0.25, -0.2) is 0 Å². The van der Waals surface area contributed by atoms with E-state index in [0.717, 1.165) is 37.5 Å². The number of piperazine rings is 1. The van der Waals surface area contributed by atoms with Gasteiger partial charge in [0.05, 0.1) is 12.6 Å². The predicted molar refractivity (Wildman–Crippen MR) is 146 cm³/mol. The van der Waals surface area contributed by atoms with Crippen molar-refractivity contribution < 1.29 is 9.15 Å². The maximum atomic E-state index is 9.72. The van der Waals surface area contributed by atoms with Crippen LogP contribution < -0.4 is 9.64 Å². The molecular weight excluding hydrogens is 460 g/mol. The van der Waals surface area contributed by atoms with Crippen LogP contribution in [-0.2, 0) is 0 Å². The highest BCUT2D eigenvalue weighted by Crippen LogP contribution is 2.31. The number of anilines is 1. The second-order valence-electron chi connectivity index (χ2n) is 8.90. The van der Waals surface area contributed by atoms with Crippen LogP contribution in [-0.4, -0.2) is 42.7 Å². The topological polar surface area (TPSA) is 65.5 Å². The fraction of sp³-hybridized carbons (Fsp3) is 0.226. The number of aromatic nitrogens is 1. The molecular formula is C31H30N4O2. The zero-order chi connectivity index (χ0) is 25.5. The van der Waals surface area contributed by atoms with E-state index in [1.807, 2.05) is 37.3 Å². The zero-order valence-corrected chi connectivity index (χ0v) is 21.0. The highest BCUT2D eigenvalue weighted by molar-refractivity contribution is 5.67. The van der Waals surface area contributed by atoms with E-state index in [0.29, 0.717) is 24.1 Å². The fourth-order valence-corrected chi connectivity index (χ4v) is 4.76. The number of oxazole rings is 1. The van der Waals surface area contributed by atoms with Crippen molar-refractivity contribution in [2.45, 2.75) is 13.0 Å². The molecule has 1 aliphatic rings. The summed E-state index contributed by atoms with van der Waals surface area (Å²) in [4.78, 5) is 9.05. The second kappa shape index (κ2) is 11.6. The molecule has 0 radical (unpaired) electrons. The molecule has 0 aliphatic carbocycles. The Bertz CT molecular complexity index is 1310. The minimum Gasteiger partial charge on any atom is -0.494 e. The number of hydrogen-bond donors (Lipinski definition) is 0. The van der Waals surface area contributed by atoms with Crippen molar-refractivity contribution in [2.24, 2.45) is 0 Å². The predicted octanol–water partition coefficient (Wildman–Crippen LogP) is 6.03. The van der Waals surface area contributed by atoms with Gasteiger partial charge in [0, 0.05) is 32.3 Å². The molecule has 0 saturated carbocycles. The Morgan fingerprint density at radius 3 is 2.08 bits per heavy atom. The molecule has 1 aliphatic heterocycles. The van der Waals surface area contributed by atoms with E-state index in [-0.39, 0.29) is 6.04 Å². The maximum absolute atomic E-state index is 9.72. The smallest absolute Gasteiger partial charge is 0.235 e. The Balaban J connectivity index is 1.29. The summed E-state index contributed by atoms with van der Waals surface area (Å²) in [6.07, 6.45) is 3.73. The molecule has 0 amide bonds. The first kappa shape index (κ1) is 24.4. The molecule has 0 spiro atoms. The molecule has 6 heteroatoms. The summed E-state index contributed by atoms with van der Waals surface area (Å²) >= 11 is 0. The average Bonchev–Trinajstić information content (AvgIpc) is 3.38. The Kier molecular flexibility index (Phi) is 7.63. The lowest BCUT2D eigenvalue weighted by molar-refractivity contribution is 0.209. The van der Waals surface area contributed by atoms with E-state index in [2.05, 4.69) is 81.5 Å². The summed E-state index contributed by atoms with van der Waals surface area (Å²) in [5.41, 5.74) is 3.88. The van der Waals surface area contributed by atoms with Gasteiger partial charge in [0.25, 0.3) is 0 Å². The van der Waals surface area contributed by atoms with Crippen molar-refractivity contribution >= 4 is 18.0 Å². The van der Waals surface area contributed by atoms with Gasteiger partial charge in [-0.15, -0.1) is 0 Å². The quantitative estimate of drug-likeness (QED) is 0.301. The van der Waals surface area contributed by atoms with Crippen LogP contribution in [0.5, 0.6) is 5.75 Å². The molecule has 1 aromatic heterocycles. The first-order valence-electron chi connectivity index (χ1n) is 12.7. The van der Waals surface area contributed by atoms with Crippen LogP contribution >= 0.6 is 0 Å². The van der Waals surface area contributed by atoms with E-state index >= 15 is 0 Å². The largest absolute Gasteiger partial charge is 0.494 e. The van der Waals surface area contributed by atoms with Gasteiger partial charge in [0.1, 0.15) is 11.8 Å². The van der Waals surface area contributed by atoms with Gasteiger partial charge in [0.2, 0.25) is 17.5 Å². The Hall–Kier alpha value is -4.34. The number of nitriles is 1. The summed E-state index contributed by atoms with van der Waals surface area (Å²) in [6, 6.07) is 31.5. The van der Waals surface area contributed by atoms with Gasteiger partial charge < -0.3 is 14.1 Å². The Morgan fingerprint density at radius 2 is 1.51 bits per heavy atom. The average molecular weight is 491 g/mol. The first-order chi connectivity index (χ1) is 18.2. The highest BCUT2D eigenvalue weighted by Gasteiger charge is 2.29. The molecule has 3 aromatic carbocycles. The van der Waals surface area contributed by atoms with E-state index in [1.165, 1.54) is 11.1 Å². The molecule has 2 heterocycles. The highest BCUT2D eigenvalue weighted by atomic mass is 16.5. The molecule has 37 heavy (non-hydrogen) atoms. The summed E-state index contributed by atoms with van der Waals surface area (Å²) in [6.45, 7) is 5.79. The van der Waals surface area contributed by atoms with Gasteiger partial charge in [-0.05, 0) is 41.8 Å². The molecule has 5 rings (SSSR count). The third-order valence-corrected chi connectivity index (χ3v) is 6.54. The van der Waals surface area contributed by atoms with Crippen molar-refractivity contribution in [3.05, 3.63) is 113 Å². The SMILES string of the molecule is CCOc1ccc(/C=C/c2nc(C#N)c(N3CCN(C(c4ccccc4)c4ccccc4)CC3)o2)cc1. The van der Waals surface area contributed by atoms with Crippen LogP contribution in [0.3, 0.4) is 0 Å². The molecule has 1 saturated heterocycles. The van der Waals surface area contributed by atoms with Gasteiger partial charge in [-0.2, -0.15) is 10.2 Å². The summed E-state index contributed by atoms with van der Waals surface area (Å²) < 4.78 is 11.6. The second-order valence-corrected chi connectivity index (χ2v) is 8.90. The standard InChI is InChI=1S/C31H30N4O2/c1-2-36-27-16-13-24(14-17-27)15-18-29-33-28(23-32)31(37-29)35-21-19-34(20-22-35)30(25-9-5-3-6-10-25)26-11-7-4-8-12-26/h3-18,30H,2,19-22H2,1H3/b18-15+. The molecule has 0 unspecified atom stereocenters. The van der Waals surface area contributed by atoms with Crippen LogP contribution in [0.25, 0.3) is 12.2 Å². The third kappa shape index (κ3) is 5.74. The lowest BCUT2D eigenvalue weighted by Crippen LogP contribution is -2.48. The number of hydrogen-bond acceptors (Lipinski definition) is 6. The van der Waals surface area contributed by atoms with E-state index in [4.69, 9.17) is 9.15 Å². The lowest BCUT2D eigenvalue weighted by atomic mass is 9.96. The van der Waals surface area contributed by atoms with Gasteiger partial charge in [0.15, 0.2) is 0 Å². The molecule has 186 valence electrons. The minimum atomic E-state index is 0.183. The lowest BCUT2D eigenvalue weighted by Gasteiger charge is -2.39. The molecule has 4 aromatic rings. The van der Waals surface area contributed by atoms with Crippen LogP contribution in [0.2, 0.25) is 0 Å². The minimum absolute atomic E-state index is 0.183. The maximum Gasteiger partial charge on any atom is 0.235 e. The van der Waals surface area contributed by atoms with Crippen molar-refractivity contribution in [3.8, 4) is 11.8 Å². The molecule has 0 bridgehead atoms. The fourth-order valence-electron chi connectivity index (χ4n) is 4.76. The monoisotopic (exact) mass is 490 g/mol. The Labute approximate surface area is 218 Å². The van der Waals surface area contributed by atoms with E-state index in [1.54, 1.807) is 6.08 Å².